The molecule has 1 atom stereocenters. The first-order valence-corrected chi connectivity index (χ1v) is 12.9. The van der Waals surface area contributed by atoms with Gasteiger partial charge in [-0.25, -0.2) is 14.8 Å². The highest BCUT2D eigenvalue weighted by Gasteiger charge is 2.31. The summed E-state index contributed by atoms with van der Waals surface area (Å²) in [6, 6.07) is 6.56. The summed E-state index contributed by atoms with van der Waals surface area (Å²) in [7, 11) is 0. The van der Waals surface area contributed by atoms with Crippen molar-refractivity contribution in [1.29, 1.82) is 0 Å². The molecule has 0 radical (unpaired) electrons. The zero-order chi connectivity index (χ0) is 24.3. The summed E-state index contributed by atoms with van der Waals surface area (Å²) in [4.78, 5) is 38.9. The fourth-order valence-corrected chi connectivity index (χ4v) is 5.27. The first-order chi connectivity index (χ1) is 16.2. The minimum absolute atomic E-state index is 0.121. The quantitative estimate of drug-likeness (QED) is 0.666. The van der Waals surface area contributed by atoms with Crippen LogP contribution in [0.2, 0.25) is 5.02 Å². The monoisotopic (exact) mass is 503 g/mol. The van der Waals surface area contributed by atoms with Crippen molar-refractivity contribution in [3.05, 3.63) is 52.4 Å². The second kappa shape index (κ2) is 10.4. The number of fused-ring (bicyclic) bond motifs is 1. The number of benzene rings is 1. The molecule has 2 amide bonds. The van der Waals surface area contributed by atoms with Crippen LogP contribution in [0.5, 0.6) is 0 Å². The lowest BCUT2D eigenvalue weighted by Crippen LogP contribution is -2.56. The fourth-order valence-electron chi connectivity index (χ4n) is 4.10. The van der Waals surface area contributed by atoms with E-state index < -0.39 is 17.7 Å². The van der Waals surface area contributed by atoms with Crippen LogP contribution in [0.15, 0.2) is 30.6 Å². The van der Waals surface area contributed by atoms with Gasteiger partial charge in [-0.3, -0.25) is 4.79 Å². The summed E-state index contributed by atoms with van der Waals surface area (Å²) in [5.74, 6) is 2.70. The minimum atomic E-state index is -0.734. The van der Waals surface area contributed by atoms with E-state index >= 15 is 0 Å². The third kappa shape index (κ3) is 6.13. The normalized spacial score (nSPS) is 16.7. The second-order valence-electron chi connectivity index (χ2n) is 9.46. The van der Waals surface area contributed by atoms with Gasteiger partial charge < -0.3 is 19.9 Å². The van der Waals surface area contributed by atoms with Gasteiger partial charge in [0, 0.05) is 54.7 Å². The number of halogens is 1. The van der Waals surface area contributed by atoms with Gasteiger partial charge in [0.2, 0.25) is 5.91 Å². The number of nitrogens with zero attached hydrogens (tertiary/aromatic N) is 4. The SMILES string of the molecule is CC(C)(C)OC(=O)N[C@H](Cc1ccc(Cl)cc1)C(=O)N1CCN(c2ncnc3c2CSC3)CC1. The molecule has 8 nitrogen and oxygen atoms in total. The highest BCUT2D eigenvalue weighted by molar-refractivity contribution is 7.98. The van der Waals surface area contributed by atoms with Crippen LogP contribution in [0.3, 0.4) is 0 Å². The molecule has 34 heavy (non-hydrogen) atoms. The molecule has 3 heterocycles. The Hall–Kier alpha value is -2.52. The number of hydrogen-bond donors (Lipinski definition) is 1. The molecule has 1 aromatic carbocycles. The Bertz CT molecular complexity index is 1040. The number of piperazine rings is 1. The molecule has 0 spiro atoms. The van der Waals surface area contributed by atoms with Crippen molar-refractivity contribution in [1.82, 2.24) is 20.2 Å². The number of hydrogen-bond acceptors (Lipinski definition) is 7. The average Bonchev–Trinajstić information content (AvgIpc) is 3.27. The predicted octanol–water partition coefficient (Wildman–Crippen LogP) is 3.66. The minimum Gasteiger partial charge on any atom is -0.444 e. The fraction of sp³-hybridized carbons (Fsp3) is 0.500. The molecule has 4 rings (SSSR count). The standard InChI is InChI=1S/C24H30ClN5O3S/c1-24(2,3)33-23(32)28-19(12-16-4-6-17(25)7-5-16)22(31)30-10-8-29(9-11-30)21-18-13-34-14-20(18)26-15-27-21/h4-7,15,19H,8-14H2,1-3H3,(H,28,32)/t19-/m1/s1. The zero-order valence-electron chi connectivity index (χ0n) is 19.7. The van der Waals surface area contributed by atoms with Crippen molar-refractivity contribution in [2.75, 3.05) is 31.1 Å². The number of nitrogens with one attached hydrogen (secondary N) is 1. The Balaban J connectivity index is 1.44. The summed E-state index contributed by atoms with van der Waals surface area (Å²) < 4.78 is 5.41. The third-order valence-corrected chi connectivity index (χ3v) is 6.95. The first-order valence-electron chi connectivity index (χ1n) is 11.4. The molecule has 1 aromatic heterocycles. The largest absolute Gasteiger partial charge is 0.444 e. The summed E-state index contributed by atoms with van der Waals surface area (Å²) >= 11 is 7.86. The topological polar surface area (TPSA) is 87.7 Å². The van der Waals surface area contributed by atoms with Crippen molar-refractivity contribution in [2.45, 2.75) is 50.3 Å². The molecule has 1 saturated heterocycles. The van der Waals surface area contributed by atoms with Gasteiger partial charge in [-0.2, -0.15) is 11.8 Å². The highest BCUT2D eigenvalue weighted by atomic mass is 35.5. The number of carbonyl (C=O) groups excluding carboxylic acids is 2. The van der Waals surface area contributed by atoms with Crippen LogP contribution in [0.4, 0.5) is 10.6 Å². The van der Waals surface area contributed by atoms with E-state index in [1.54, 1.807) is 39.2 Å². The molecule has 2 aliphatic heterocycles. The van der Waals surface area contributed by atoms with Gasteiger partial charge in [-0.1, -0.05) is 23.7 Å². The lowest BCUT2D eigenvalue weighted by atomic mass is 10.0. The Kier molecular flexibility index (Phi) is 7.52. The average molecular weight is 504 g/mol. The molecule has 10 heteroatoms. The first kappa shape index (κ1) is 24.6. The molecule has 182 valence electrons. The zero-order valence-corrected chi connectivity index (χ0v) is 21.3. The van der Waals surface area contributed by atoms with Crippen molar-refractivity contribution < 1.29 is 14.3 Å². The Morgan fingerprint density at radius 3 is 2.50 bits per heavy atom. The summed E-state index contributed by atoms with van der Waals surface area (Å²) in [5.41, 5.74) is 2.57. The predicted molar refractivity (Wildman–Crippen MR) is 134 cm³/mol. The molecular formula is C24H30ClN5O3S. The van der Waals surface area contributed by atoms with Gasteiger partial charge in [0.25, 0.3) is 0 Å². The third-order valence-electron chi connectivity index (χ3n) is 5.73. The Labute approximate surface area is 209 Å². The van der Waals surface area contributed by atoms with Crippen LogP contribution >= 0.6 is 23.4 Å². The molecule has 2 aromatic rings. The smallest absolute Gasteiger partial charge is 0.408 e. The van der Waals surface area contributed by atoms with Crippen molar-refractivity contribution in [3.8, 4) is 0 Å². The number of aromatic nitrogens is 2. The number of amides is 2. The summed E-state index contributed by atoms with van der Waals surface area (Å²) in [6.07, 6.45) is 1.38. The van der Waals surface area contributed by atoms with Crippen molar-refractivity contribution >= 4 is 41.2 Å². The van der Waals surface area contributed by atoms with E-state index in [0.717, 1.165) is 28.6 Å². The van der Waals surface area contributed by atoms with Crippen molar-refractivity contribution in [3.63, 3.8) is 0 Å². The Morgan fingerprint density at radius 2 is 1.82 bits per heavy atom. The highest BCUT2D eigenvalue weighted by Crippen LogP contribution is 2.34. The van der Waals surface area contributed by atoms with Gasteiger partial charge in [0.1, 0.15) is 23.8 Å². The van der Waals surface area contributed by atoms with Crippen LogP contribution < -0.4 is 10.2 Å². The van der Waals surface area contributed by atoms with Gasteiger partial charge in [0.15, 0.2) is 0 Å². The lowest BCUT2D eigenvalue weighted by Gasteiger charge is -2.37. The second-order valence-corrected chi connectivity index (χ2v) is 10.9. The number of anilines is 1. The summed E-state index contributed by atoms with van der Waals surface area (Å²) in [5, 5.41) is 3.41. The summed E-state index contributed by atoms with van der Waals surface area (Å²) in [6.45, 7) is 7.86. The molecule has 0 bridgehead atoms. The van der Waals surface area contributed by atoms with Gasteiger partial charge >= 0.3 is 6.09 Å². The number of thioether (sulfide) groups is 1. The van der Waals surface area contributed by atoms with Crippen LogP contribution in [0, 0.1) is 0 Å². The van der Waals surface area contributed by atoms with Crippen LogP contribution in [0.25, 0.3) is 0 Å². The number of ether oxygens (including phenoxy) is 1. The molecule has 0 saturated carbocycles. The molecule has 1 fully saturated rings. The van der Waals surface area contributed by atoms with Gasteiger partial charge in [-0.15, -0.1) is 0 Å². The van der Waals surface area contributed by atoms with Crippen molar-refractivity contribution in [2.24, 2.45) is 0 Å². The maximum absolute atomic E-state index is 13.5. The molecule has 1 N–H and O–H groups in total. The van der Waals surface area contributed by atoms with E-state index in [2.05, 4.69) is 20.2 Å². The van der Waals surface area contributed by atoms with E-state index in [1.165, 1.54) is 5.56 Å². The maximum Gasteiger partial charge on any atom is 0.408 e. The molecule has 2 aliphatic rings. The lowest BCUT2D eigenvalue weighted by molar-refractivity contribution is -0.133. The van der Waals surface area contributed by atoms with E-state index in [0.29, 0.717) is 37.6 Å². The molecule has 0 unspecified atom stereocenters. The van der Waals surface area contributed by atoms with Gasteiger partial charge in [-0.05, 0) is 38.5 Å². The van der Waals surface area contributed by atoms with Crippen LogP contribution in [-0.2, 0) is 27.5 Å². The van der Waals surface area contributed by atoms with Crippen LogP contribution in [-0.4, -0.2) is 64.7 Å². The van der Waals surface area contributed by atoms with E-state index in [4.69, 9.17) is 16.3 Å². The maximum atomic E-state index is 13.5. The van der Waals surface area contributed by atoms with Gasteiger partial charge in [0.05, 0.1) is 5.69 Å². The molecular weight excluding hydrogens is 474 g/mol. The Morgan fingerprint density at radius 1 is 1.12 bits per heavy atom. The van der Waals surface area contributed by atoms with Crippen LogP contribution in [0.1, 0.15) is 37.6 Å². The van der Waals surface area contributed by atoms with E-state index in [1.807, 2.05) is 28.8 Å². The van der Waals surface area contributed by atoms with E-state index in [-0.39, 0.29) is 5.91 Å². The molecule has 0 aliphatic carbocycles. The number of rotatable bonds is 5. The van der Waals surface area contributed by atoms with E-state index in [9.17, 15) is 9.59 Å². The number of alkyl carbamates (subject to hydrolysis) is 1. The number of carbonyl (C=O) groups is 2.